The Morgan fingerprint density at radius 2 is 1.80 bits per heavy atom. The van der Waals surface area contributed by atoms with Gasteiger partial charge >= 0.3 is 0 Å². The van der Waals surface area contributed by atoms with Gasteiger partial charge < -0.3 is 35.1 Å². The number of nitriles is 1. The third-order valence-electron chi connectivity index (χ3n) is 8.35. The van der Waals surface area contributed by atoms with E-state index in [1.165, 1.54) is 11.8 Å². The van der Waals surface area contributed by atoms with Crippen molar-refractivity contribution in [1.82, 2.24) is 15.6 Å². The fraction of sp³-hybridized carbons (Fsp3) is 0.368. The van der Waals surface area contributed by atoms with Gasteiger partial charge in [0.15, 0.2) is 0 Å². The zero-order valence-corrected chi connectivity index (χ0v) is 29.1. The first-order valence-electron chi connectivity index (χ1n) is 16.6. The van der Waals surface area contributed by atoms with Gasteiger partial charge in [-0.2, -0.15) is 5.26 Å². The normalized spacial score (nSPS) is 14.2. The number of rotatable bonds is 18. The predicted octanol–water partition coefficient (Wildman–Crippen LogP) is 6.78. The van der Waals surface area contributed by atoms with Gasteiger partial charge in [-0.25, -0.2) is 0 Å². The highest BCUT2D eigenvalue weighted by atomic mass is 35.5. The monoisotopic (exact) mass is 704 g/mol. The van der Waals surface area contributed by atoms with Crippen molar-refractivity contribution in [2.75, 3.05) is 32.9 Å². The van der Waals surface area contributed by atoms with Gasteiger partial charge in [-0.1, -0.05) is 53.5 Å². The Kier molecular flexibility index (Phi) is 13.5. The molecular formula is C38H42Cl2N4O5. The number of benzene rings is 3. The number of hydrogen-bond donors (Lipinski definition) is 4. The van der Waals surface area contributed by atoms with Crippen LogP contribution in [0.1, 0.15) is 60.1 Å². The van der Waals surface area contributed by atoms with Crippen LogP contribution in [0.2, 0.25) is 10.0 Å². The molecule has 2 atom stereocenters. The van der Waals surface area contributed by atoms with Gasteiger partial charge in [0.05, 0.1) is 28.8 Å². The molecule has 49 heavy (non-hydrogen) atoms. The van der Waals surface area contributed by atoms with Gasteiger partial charge in [-0.05, 0) is 80.6 Å². The Morgan fingerprint density at radius 1 is 0.980 bits per heavy atom. The van der Waals surface area contributed by atoms with Crippen LogP contribution < -0.4 is 24.8 Å². The summed E-state index contributed by atoms with van der Waals surface area (Å²) in [6.07, 6.45) is 6.08. The Morgan fingerprint density at radius 3 is 2.61 bits per heavy atom. The highest BCUT2D eigenvalue weighted by Crippen LogP contribution is 2.45. The summed E-state index contributed by atoms with van der Waals surface area (Å²) >= 11 is 13.7. The first-order chi connectivity index (χ1) is 23.9. The molecule has 1 aliphatic rings. The summed E-state index contributed by atoms with van der Waals surface area (Å²) in [5.41, 5.74) is 6.24. The highest BCUT2D eigenvalue weighted by Gasteiger charge is 2.28. The van der Waals surface area contributed by atoms with E-state index in [-0.39, 0.29) is 32.0 Å². The molecule has 1 aliphatic carbocycles. The number of ether oxygens (including phenoxy) is 3. The van der Waals surface area contributed by atoms with Crippen LogP contribution in [0, 0.1) is 11.3 Å². The first kappa shape index (κ1) is 36.4. The zero-order chi connectivity index (χ0) is 34.6. The molecule has 0 amide bonds. The SMILES string of the molecule is CC(CO)NCc1cc(Cl)c(OC2CCc3c(-c4cccc(OCCCNCCCO)c4Cl)cccc32)cc1OCc1cncc(C#N)c1. The molecule has 0 bridgehead atoms. The molecule has 5 rings (SSSR count). The fourth-order valence-corrected chi connectivity index (χ4v) is 6.27. The maximum atomic E-state index is 9.52. The highest BCUT2D eigenvalue weighted by molar-refractivity contribution is 6.35. The van der Waals surface area contributed by atoms with E-state index >= 15 is 0 Å². The van der Waals surface area contributed by atoms with Crippen LogP contribution in [0.15, 0.2) is 67.0 Å². The minimum absolute atomic E-state index is 0.00615. The number of aliphatic hydroxyl groups is 2. The molecule has 9 nitrogen and oxygen atoms in total. The number of hydrogen-bond acceptors (Lipinski definition) is 9. The van der Waals surface area contributed by atoms with Crippen LogP contribution in [-0.4, -0.2) is 54.1 Å². The van der Waals surface area contributed by atoms with E-state index in [0.717, 1.165) is 66.6 Å². The Balaban J connectivity index is 1.33. The van der Waals surface area contributed by atoms with Gasteiger partial charge in [-0.15, -0.1) is 0 Å². The smallest absolute Gasteiger partial charge is 0.142 e. The number of nitrogens with one attached hydrogen (secondary N) is 2. The predicted molar refractivity (Wildman–Crippen MR) is 191 cm³/mol. The summed E-state index contributed by atoms with van der Waals surface area (Å²) in [5.74, 6) is 1.73. The lowest BCUT2D eigenvalue weighted by Gasteiger charge is -2.20. The molecule has 11 heteroatoms. The Hall–Kier alpha value is -3.88. The minimum Gasteiger partial charge on any atom is -0.492 e. The van der Waals surface area contributed by atoms with E-state index in [4.69, 9.17) is 42.5 Å². The summed E-state index contributed by atoms with van der Waals surface area (Å²) < 4.78 is 18.9. The third kappa shape index (κ3) is 9.64. The lowest BCUT2D eigenvalue weighted by molar-refractivity contribution is 0.205. The van der Waals surface area contributed by atoms with Crippen LogP contribution in [0.5, 0.6) is 17.2 Å². The summed E-state index contributed by atoms with van der Waals surface area (Å²) in [6.45, 7) is 4.81. The van der Waals surface area contributed by atoms with Crippen molar-refractivity contribution in [3.8, 4) is 34.4 Å². The summed E-state index contributed by atoms with van der Waals surface area (Å²) in [6, 6.07) is 19.4. The van der Waals surface area contributed by atoms with Crippen LogP contribution >= 0.6 is 23.2 Å². The molecule has 1 heterocycles. The molecule has 3 aromatic carbocycles. The van der Waals surface area contributed by atoms with Gasteiger partial charge in [0.2, 0.25) is 0 Å². The van der Waals surface area contributed by atoms with Gasteiger partial charge in [0, 0.05) is 54.3 Å². The lowest BCUT2D eigenvalue weighted by Crippen LogP contribution is -2.28. The fourth-order valence-electron chi connectivity index (χ4n) is 5.76. The van der Waals surface area contributed by atoms with Crippen molar-refractivity contribution < 1.29 is 24.4 Å². The number of aromatic nitrogens is 1. The van der Waals surface area contributed by atoms with Crippen LogP contribution in [0.25, 0.3) is 11.1 Å². The first-order valence-corrected chi connectivity index (χ1v) is 17.3. The molecule has 4 aromatic rings. The number of fused-ring (bicyclic) bond motifs is 1. The largest absolute Gasteiger partial charge is 0.492 e. The quantitative estimate of drug-likeness (QED) is 0.0828. The van der Waals surface area contributed by atoms with Crippen molar-refractivity contribution in [1.29, 1.82) is 5.26 Å². The summed E-state index contributed by atoms with van der Waals surface area (Å²) in [7, 11) is 0. The van der Waals surface area contributed by atoms with Gasteiger partial charge in [0.25, 0.3) is 0 Å². The molecule has 258 valence electrons. The summed E-state index contributed by atoms with van der Waals surface area (Å²) in [5, 5.41) is 35.3. The maximum absolute atomic E-state index is 9.52. The Labute approximate surface area is 297 Å². The van der Waals surface area contributed by atoms with E-state index in [2.05, 4.69) is 33.8 Å². The molecule has 0 aliphatic heterocycles. The molecule has 0 spiro atoms. The molecule has 2 unspecified atom stereocenters. The second-order valence-electron chi connectivity index (χ2n) is 12.0. The minimum atomic E-state index is -0.230. The second-order valence-corrected chi connectivity index (χ2v) is 12.8. The lowest BCUT2D eigenvalue weighted by atomic mass is 9.96. The number of pyridine rings is 1. The summed E-state index contributed by atoms with van der Waals surface area (Å²) in [4.78, 5) is 4.14. The van der Waals surface area contributed by atoms with E-state index in [1.807, 2.05) is 43.3 Å². The molecule has 0 saturated carbocycles. The van der Waals surface area contributed by atoms with Crippen LogP contribution in [0.4, 0.5) is 0 Å². The molecule has 4 N–H and O–H groups in total. The van der Waals surface area contributed by atoms with E-state index in [0.29, 0.717) is 46.0 Å². The third-order valence-corrected chi connectivity index (χ3v) is 9.04. The molecular weight excluding hydrogens is 663 g/mol. The van der Waals surface area contributed by atoms with Crippen LogP contribution in [-0.2, 0) is 19.6 Å². The average molecular weight is 706 g/mol. The maximum Gasteiger partial charge on any atom is 0.142 e. The number of halogens is 2. The van der Waals surface area contributed by atoms with Crippen molar-refractivity contribution in [3.05, 3.63) is 105 Å². The molecule has 0 saturated heterocycles. The van der Waals surface area contributed by atoms with Crippen molar-refractivity contribution in [2.24, 2.45) is 0 Å². The Bertz CT molecular complexity index is 1750. The van der Waals surface area contributed by atoms with E-state index in [1.54, 1.807) is 12.3 Å². The van der Waals surface area contributed by atoms with E-state index in [9.17, 15) is 10.4 Å². The van der Waals surface area contributed by atoms with Gasteiger partial charge in [0.1, 0.15) is 36.0 Å². The van der Waals surface area contributed by atoms with Gasteiger partial charge in [-0.3, -0.25) is 4.98 Å². The average Bonchev–Trinajstić information content (AvgIpc) is 3.54. The number of aliphatic hydroxyl groups excluding tert-OH is 2. The van der Waals surface area contributed by atoms with E-state index < -0.39 is 0 Å². The second kappa shape index (κ2) is 18.2. The van der Waals surface area contributed by atoms with Crippen molar-refractivity contribution in [2.45, 2.75) is 57.9 Å². The number of nitrogens with zero attached hydrogens (tertiary/aromatic N) is 2. The topological polar surface area (TPSA) is 129 Å². The molecule has 0 radical (unpaired) electrons. The van der Waals surface area contributed by atoms with Crippen molar-refractivity contribution in [3.63, 3.8) is 0 Å². The standard InChI is InChI=1S/C38H42Cl2N4O5/c1-25(23-46)44-22-28-17-33(39)37(18-36(28)48-24-27-16-26(19-41)20-43-21-27)49-34-11-10-30-29(6-2-7-31(30)34)32-8-3-9-35(38(32)40)47-15-5-13-42-12-4-14-45/h2-3,6-9,16-18,20-21,25,34,42,44-46H,4-5,10-15,22-24H2,1H3. The molecule has 1 aromatic heterocycles. The zero-order valence-electron chi connectivity index (χ0n) is 27.6. The van der Waals surface area contributed by atoms with Crippen molar-refractivity contribution >= 4 is 23.2 Å². The molecule has 0 fully saturated rings. The van der Waals surface area contributed by atoms with Crippen LogP contribution in [0.3, 0.4) is 0 Å².